The fourth-order valence-corrected chi connectivity index (χ4v) is 1.93. The van der Waals surface area contributed by atoms with Gasteiger partial charge in [0.05, 0.1) is 6.54 Å². The molecule has 0 aromatic heterocycles. The van der Waals surface area contributed by atoms with E-state index in [2.05, 4.69) is 0 Å². The molecule has 0 aliphatic carbocycles. The third-order valence-corrected chi connectivity index (χ3v) is 2.73. The van der Waals surface area contributed by atoms with E-state index in [4.69, 9.17) is 0 Å². The molecule has 3 heteroatoms. The minimum absolute atomic E-state index is 0.0578. The monoisotopic (exact) mass is 254 g/mol. The molecule has 0 atom stereocenters. The number of anilines is 2. The van der Waals surface area contributed by atoms with Crippen LogP contribution in [0.4, 0.5) is 11.4 Å². The van der Waals surface area contributed by atoms with Crippen molar-refractivity contribution < 1.29 is 4.79 Å². The lowest BCUT2D eigenvalue weighted by atomic mass is 10.2. The van der Waals surface area contributed by atoms with Gasteiger partial charge >= 0.3 is 0 Å². The summed E-state index contributed by atoms with van der Waals surface area (Å²) in [5.74, 6) is 0.0578. The van der Waals surface area contributed by atoms with Crippen LogP contribution >= 0.6 is 0 Å². The third kappa shape index (κ3) is 3.42. The van der Waals surface area contributed by atoms with E-state index in [1.54, 1.807) is 4.90 Å². The van der Waals surface area contributed by atoms with Crippen molar-refractivity contribution in [1.29, 1.82) is 0 Å². The molecule has 0 N–H and O–H groups in total. The minimum Gasteiger partial charge on any atom is -0.301 e. The summed E-state index contributed by atoms with van der Waals surface area (Å²) < 4.78 is 0. The molecule has 0 aliphatic heterocycles. The van der Waals surface area contributed by atoms with Gasteiger partial charge in [-0.05, 0) is 38.4 Å². The molecule has 0 saturated carbocycles. The van der Waals surface area contributed by atoms with E-state index in [0.29, 0.717) is 6.54 Å². The average Bonchev–Trinajstić information content (AvgIpc) is 2.40. The van der Waals surface area contributed by atoms with Gasteiger partial charge in [-0.25, -0.2) is 0 Å². The fourth-order valence-electron chi connectivity index (χ4n) is 1.93. The van der Waals surface area contributed by atoms with E-state index < -0.39 is 0 Å². The number of rotatable bonds is 4. The number of carbonyl (C=O) groups excluding carboxylic acids is 1. The summed E-state index contributed by atoms with van der Waals surface area (Å²) in [5, 5.41) is 0. The summed E-state index contributed by atoms with van der Waals surface area (Å²) in [7, 11) is 3.79. The second-order valence-electron chi connectivity index (χ2n) is 4.64. The number of hydrogen-bond acceptors (Lipinski definition) is 2. The molecule has 1 amide bonds. The Kier molecular flexibility index (Phi) is 4.31. The van der Waals surface area contributed by atoms with E-state index in [-0.39, 0.29) is 5.91 Å². The first kappa shape index (κ1) is 13.3. The van der Waals surface area contributed by atoms with Crippen LogP contribution in [0, 0.1) is 0 Å². The molecule has 3 nitrogen and oxygen atoms in total. The highest BCUT2D eigenvalue weighted by Crippen LogP contribution is 2.24. The lowest BCUT2D eigenvalue weighted by Crippen LogP contribution is -2.34. The summed E-state index contributed by atoms with van der Waals surface area (Å²) in [4.78, 5) is 16.1. The van der Waals surface area contributed by atoms with Crippen molar-refractivity contribution in [1.82, 2.24) is 4.90 Å². The van der Waals surface area contributed by atoms with Crippen LogP contribution in [-0.4, -0.2) is 31.4 Å². The van der Waals surface area contributed by atoms with Gasteiger partial charge in [0.1, 0.15) is 0 Å². The third-order valence-electron chi connectivity index (χ3n) is 2.73. The Morgan fingerprint density at radius 1 is 0.842 bits per heavy atom. The van der Waals surface area contributed by atoms with Gasteiger partial charge in [0.15, 0.2) is 0 Å². The van der Waals surface area contributed by atoms with Crippen LogP contribution in [0.2, 0.25) is 0 Å². The lowest BCUT2D eigenvalue weighted by molar-refractivity contribution is -0.118. The molecule has 0 unspecified atom stereocenters. The first-order valence-corrected chi connectivity index (χ1v) is 6.26. The lowest BCUT2D eigenvalue weighted by Gasteiger charge is -2.24. The molecule has 0 saturated heterocycles. The van der Waals surface area contributed by atoms with Crippen LogP contribution in [0.25, 0.3) is 0 Å². The highest BCUT2D eigenvalue weighted by Gasteiger charge is 2.17. The standard InChI is InChI=1S/C16H18N2O/c1-17(2)13-16(19)18(14-9-5-3-6-10-14)15-11-7-4-8-12-15/h3-12H,13H2,1-2H3. The molecule has 19 heavy (non-hydrogen) atoms. The molecular weight excluding hydrogens is 236 g/mol. The summed E-state index contributed by atoms with van der Waals surface area (Å²) in [6.07, 6.45) is 0. The number of para-hydroxylation sites is 2. The molecule has 0 bridgehead atoms. The van der Waals surface area contributed by atoms with Gasteiger partial charge in [0.2, 0.25) is 5.91 Å². The second-order valence-corrected chi connectivity index (χ2v) is 4.64. The maximum absolute atomic E-state index is 12.4. The van der Waals surface area contributed by atoms with Gasteiger partial charge in [-0.1, -0.05) is 36.4 Å². The number of nitrogens with zero attached hydrogens (tertiary/aromatic N) is 2. The van der Waals surface area contributed by atoms with Crippen molar-refractivity contribution in [3.8, 4) is 0 Å². The van der Waals surface area contributed by atoms with Crippen LogP contribution in [0.3, 0.4) is 0 Å². The van der Waals surface area contributed by atoms with Gasteiger partial charge in [0, 0.05) is 11.4 Å². The molecule has 0 heterocycles. The van der Waals surface area contributed by atoms with Gasteiger partial charge in [-0.2, -0.15) is 0 Å². The Morgan fingerprint density at radius 2 is 1.26 bits per heavy atom. The highest BCUT2D eigenvalue weighted by molar-refractivity contribution is 6.01. The van der Waals surface area contributed by atoms with E-state index in [0.717, 1.165) is 11.4 Å². The van der Waals surface area contributed by atoms with Gasteiger partial charge < -0.3 is 4.90 Å². The number of benzene rings is 2. The SMILES string of the molecule is CN(C)CC(=O)N(c1ccccc1)c1ccccc1. The fraction of sp³-hybridized carbons (Fsp3) is 0.188. The molecule has 2 aromatic rings. The zero-order chi connectivity index (χ0) is 13.7. The van der Waals surface area contributed by atoms with E-state index in [1.807, 2.05) is 79.7 Å². The van der Waals surface area contributed by atoms with Crippen molar-refractivity contribution in [3.63, 3.8) is 0 Å². The molecule has 0 spiro atoms. The molecule has 2 rings (SSSR count). The molecule has 0 fully saturated rings. The summed E-state index contributed by atoms with van der Waals surface area (Å²) >= 11 is 0. The van der Waals surface area contributed by atoms with Crippen molar-refractivity contribution >= 4 is 17.3 Å². The van der Waals surface area contributed by atoms with E-state index in [1.165, 1.54) is 0 Å². The minimum atomic E-state index is 0.0578. The topological polar surface area (TPSA) is 23.6 Å². The summed E-state index contributed by atoms with van der Waals surface area (Å²) in [5.41, 5.74) is 1.78. The van der Waals surface area contributed by atoms with Crippen LogP contribution in [0.15, 0.2) is 60.7 Å². The Morgan fingerprint density at radius 3 is 1.63 bits per heavy atom. The van der Waals surface area contributed by atoms with E-state index >= 15 is 0 Å². The number of amides is 1. The molecule has 98 valence electrons. The predicted molar refractivity (Wildman–Crippen MR) is 78.6 cm³/mol. The molecule has 0 aliphatic rings. The quantitative estimate of drug-likeness (QED) is 0.837. The molecule has 0 radical (unpaired) electrons. The Bertz CT molecular complexity index is 483. The largest absolute Gasteiger partial charge is 0.301 e. The Hall–Kier alpha value is -2.13. The first-order valence-electron chi connectivity index (χ1n) is 6.26. The van der Waals surface area contributed by atoms with Crippen LogP contribution in [-0.2, 0) is 4.79 Å². The molecular formula is C16H18N2O. The zero-order valence-corrected chi connectivity index (χ0v) is 11.3. The number of hydrogen-bond donors (Lipinski definition) is 0. The van der Waals surface area contributed by atoms with Crippen molar-refractivity contribution in [2.75, 3.05) is 25.5 Å². The summed E-state index contributed by atoms with van der Waals surface area (Å²) in [6.45, 7) is 0.379. The Balaban J connectivity index is 2.37. The van der Waals surface area contributed by atoms with Crippen LogP contribution < -0.4 is 4.90 Å². The van der Waals surface area contributed by atoms with Crippen molar-refractivity contribution in [2.45, 2.75) is 0 Å². The van der Waals surface area contributed by atoms with Crippen LogP contribution in [0.5, 0.6) is 0 Å². The predicted octanol–water partition coefficient (Wildman–Crippen LogP) is 2.91. The first-order chi connectivity index (χ1) is 9.18. The maximum Gasteiger partial charge on any atom is 0.245 e. The number of likely N-dealkylation sites (N-methyl/N-ethyl adjacent to an activating group) is 1. The van der Waals surface area contributed by atoms with Crippen LogP contribution in [0.1, 0.15) is 0 Å². The summed E-state index contributed by atoms with van der Waals surface area (Å²) in [6, 6.07) is 19.4. The van der Waals surface area contributed by atoms with Gasteiger partial charge in [-0.15, -0.1) is 0 Å². The zero-order valence-electron chi connectivity index (χ0n) is 11.3. The van der Waals surface area contributed by atoms with E-state index in [9.17, 15) is 4.79 Å². The van der Waals surface area contributed by atoms with Crippen molar-refractivity contribution in [3.05, 3.63) is 60.7 Å². The normalized spacial score (nSPS) is 10.5. The number of carbonyl (C=O) groups is 1. The second kappa shape index (κ2) is 6.16. The maximum atomic E-state index is 12.4. The highest BCUT2D eigenvalue weighted by atomic mass is 16.2. The average molecular weight is 254 g/mol. The smallest absolute Gasteiger partial charge is 0.245 e. The molecule has 2 aromatic carbocycles. The Labute approximate surface area is 114 Å². The van der Waals surface area contributed by atoms with Gasteiger partial charge in [-0.3, -0.25) is 9.69 Å². The van der Waals surface area contributed by atoms with Gasteiger partial charge in [0.25, 0.3) is 0 Å². The van der Waals surface area contributed by atoms with Crippen molar-refractivity contribution in [2.24, 2.45) is 0 Å².